The number of halogens is 2. The largest absolute Gasteiger partial charge is 0.445 e. The van der Waals surface area contributed by atoms with Crippen LogP contribution in [0.1, 0.15) is 17.2 Å². The van der Waals surface area contributed by atoms with Gasteiger partial charge >= 0.3 is 0 Å². The molecule has 0 spiro atoms. The standard InChI is InChI=1S/C12H12F2N2O/c1-8-5-16-12(17-8)7-15-6-9-4-10(13)2-3-11(9)14/h2-5,15H,6-7H2,1H3. The van der Waals surface area contributed by atoms with Crippen LogP contribution in [0.3, 0.4) is 0 Å². The fraction of sp³-hybridized carbons (Fsp3) is 0.250. The number of nitrogens with zero attached hydrogens (tertiary/aromatic N) is 1. The molecule has 1 N–H and O–H groups in total. The van der Waals surface area contributed by atoms with Crippen LogP contribution in [0.5, 0.6) is 0 Å². The van der Waals surface area contributed by atoms with Gasteiger partial charge in [0.05, 0.1) is 12.7 Å². The third-order valence-corrected chi connectivity index (χ3v) is 2.27. The highest BCUT2D eigenvalue weighted by Crippen LogP contribution is 2.09. The summed E-state index contributed by atoms with van der Waals surface area (Å²) >= 11 is 0. The van der Waals surface area contributed by atoms with E-state index < -0.39 is 11.6 Å². The first-order chi connectivity index (χ1) is 8.15. The summed E-state index contributed by atoms with van der Waals surface area (Å²) < 4.78 is 31.4. The summed E-state index contributed by atoms with van der Waals surface area (Å²) in [5.74, 6) is 0.371. The number of benzene rings is 1. The van der Waals surface area contributed by atoms with E-state index in [0.717, 1.165) is 17.9 Å². The quantitative estimate of drug-likeness (QED) is 0.889. The predicted octanol–water partition coefficient (Wildman–Crippen LogP) is 2.55. The molecule has 17 heavy (non-hydrogen) atoms. The van der Waals surface area contributed by atoms with Crippen molar-refractivity contribution in [3.8, 4) is 0 Å². The minimum atomic E-state index is -0.449. The molecule has 2 rings (SSSR count). The summed E-state index contributed by atoms with van der Waals surface area (Å²) in [6.45, 7) is 2.40. The van der Waals surface area contributed by atoms with Gasteiger partial charge in [0.25, 0.3) is 0 Å². The van der Waals surface area contributed by atoms with Gasteiger partial charge < -0.3 is 9.73 Å². The maximum absolute atomic E-state index is 13.3. The summed E-state index contributed by atoms with van der Waals surface area (Å²) in [6.07, 6.45) is 1.61. The average Bonchev–Trinajstić information content (AvgIpc) is 2.69. The first-order valence-electron chi connectivity index (χ1n) is 5.21. The zero-order valence-electron chi connectivity index (χ0n) is 9.34. The summed E-state index contributed by atoms with van der Waals surface area (Å²) in [6, 6.07) is 3.38. The van der Waals surface area contributed by atoms with E-state index in [2.05, 4.69) is 10.3 Å². The highest BCUT2D eigenvalue weighted by molar-refractivity contribution is 5.18. The third-order valence-electron chi connectivity index (χ3n) is 2.27. The van der Waals surface area contributed by atoms with E-state index >= 15 is 0 Å². The molecule has 0 aliphatic heterocycles. The number of nitrogens with one attached hydrogen (secondary N) is 1. The van der Waals surface area contributed by atoms with Gasteiger partial charge in [-0.2, -0.15) is 0 Å². The molecule has 5 heteroatoms. The van der Waals surface area contributed by atoms with E-state index in [4.69, 9.17) is 4.42 Å². The highest BCUT2D eigenvalue weighted by atomic mass is 19.1. The van der Waals surface area contributed by atoms with Crippen LogP contribution in [0.15, 0.2) is 28.8 Å². The zero-order chi connectivity index (χ0) is 12.3. The Labute approximate surface area is 97.5 Å². The third kappa shape index (κ3) is 3.10. The fourth-order valence-electron chi connectivity index (χ4n) is 1.47. The Kier molecular flexibility index (Phi) is 3.49. The van der Waals surface area contributed by atoms with Gasteiger partial charge in [-0.1, -0.05) is 0 Å². The van der Waals surface area contributed by atoms with Gasteiger partial charge in [0.1, 0.15) is 17.4 Å². The van der Waals surface area contributed by atoms with Gasteiger partial charge in [0, 0.05) is 12.1 Å². The molecular weight excluding hydrogens is 226 g/mol. The minimum absolute atomic E-state index is 0.227. The Morgan fingerprint density at radius 3 is 2.82 bits per heavy atom. The van der Waals surface area contributed by atoms with E-state index in [1.807, 2.05) is 0 Å². The number of oxazole rings is 1. The molecule has 0 saturated heterocycles. The molecule has 1 aromatic heterocycles. The molecule has 90 valence electrons. The van der Waals surface area contributed by atoms with Crippen LogP contribution in [0.2, 0.25) is 0 Å². The zero-order valence-corrected chi connectivity index (χ0v) is 9.34. The predicted molar refractivity (Wildman–Crippen MR) is 58.1 cm³/mol. The Morgan fingerprint density at radius 2 is 2.12 bits per heavy atom. The topological polar surface area (TPSA) is 38.1 Å². The van der Waals surface area contributed by atoms with Crippen molar-refractivity contribution in [2.24, 2.45) is 0 Å². The van der Waals surface area contributed by atoms with Crippen molar-refractivity contribution in [1.82, 2.24) is 10.3 Å². The number of aromatic nitrogens is 1. The van der Waals surface area contributed by atoms with E-state index in [-0.39, 0.29) is 12.1 Å². The molecule has 2 aromatic rings. The number of rotatable bonds is 4. The lowest BCUT2D eigenvalue weighted by atomic mass is 10.2. The van der Waals surface area contributed by atoms with E-state index in [0.29, 0.717) is 12.4 Å². The molecule has 1 heterocycles. The van der Waals surface area contributed by atoms with Crippen LogP contribution in [0.4, 0.5) is 8.78 Å². The molecule has 1 aromatic carbocycles. The van der Waals surface area contributed by atoms with Gasteiger partial charge in [-0.3, -0.25) is 0 Å². The minimum Gasteiger partial charge on any atom is -0.445 e. The van der Waals surface area contributed by atoms with Gasteiger partial charge in [-0.25, -0.2) is 13.8 Å². The van der Waals surface area contributed by atoms with Crippen molar-refractivity contribution >= 4 is 0 Å². The highest BCUT2D eigenvalue weighted by Gasteiger charge is 2.04. The van der Waals surface area contributed by atoms with Crippen molar-refractivity contribution in [3.63, 3.8) is 0 Å². The SMILES string of the molecule is Cc1cnc(CNCc2cc(F)ccc2F)o1. The van der Waals surface area contributed by atoms with Gasteiger partial charge in [-0.05, 0) is 25.1 Å². The fourth-order valence-corrected chi connectivity index (χ4v) is 1.47. The molecule has 0 unspecified atom stereocenters. The van der Waals surface area contributed by atoms with Crippen molar-refractivity contribution < 1.29 is 13.2 Å². The van der Waals surface area contributed by atoms with E-state index in [1.165, 1.54) is 6.07 Å². The van der Waals surface area contributed by atoms with Gasteiger partial charge in [0.2, 0.25) is 5.89 Å². The lowest BCUT2D eigenvalue weighted by Gasteiger charge is -2.04. The molecule has 0 bridgehead atoms. The maximum Gasteiger partial charge on any atom is 0.208 e. The Balaban J connectivity index is 1.91. The maximum atomic E-state index is 13.3. The number of hydrogen-bond donors (Lipinski definition) is 1. The average molecular weight is 238 g/mol. The summed E-state index contributed by atoms with van der Waals surface area (Å²) in [7, 11) is 0. The molecule has 3 nitrogen and oxygen atoms in total. The van der Waals surface area contributed by atoms with Crippen LogP contribution in [-0.2, 0) is 13.1 Å². The van der Waals surface area contributed by atoms with Crippen molar-refractivity contribution in [2.75, 3.05) is 0 Å². The van der Waals surface area contributed by atoms with Crippen LogP contribution in [0.25, 0.3) is 0 Å². The smallest absolute Gasteiger partial charge is 0.208 e. The van der Waals surface area contributed by atoms with Gasteiger partial charge in [-0.15, -0.1) is 0 Å². The van der Waals surface area contributed by atoms with Crippen LogP contribution in [-0.4, -0.2) is 4.98 Å². The van der Waals surface area contributed by atoms with Crippen molar-refractivity contribution in [2.45, 2.75) is 20.0 Å². The molecule has 0 radical (unpaired) electrons. The normalized spacial score (nSPS) is 10.8. The summed E-state index contributed by atoms with van der Waals surface area (Å²) in [5.41, 5.74) is 0.285. The first-order valence-corrected chi connectivity index (χ1v) is 5.21. The molecule has 0 atom stereocenters. The first kappa shape index (κ1) is 11.7. The molecular formula is C12H12F2N2O. The Morgan fingerprint density at radius 1 is 1.29 bits per heavy atom. The number of hydrogen-bond acceptors (Lipinski definition) is 3. The Bertz CT molecular complexity index is 511. The second kappa shape index (κ2) is 5.05. The van der Waals surface area contributed by atoms with Crippen LogP contribution >= 0.6 is 0 Å². The Hall–Kier alpha value is -1.75. The molecule has 0 saturated carbocycles. The lowest BCUT2D eigenvalue weighted by molar-refractivity contribution is 0.446. The van der Waals surface area contributed by atoms with Crippen LogP contribution in [0, 0.1) is 18.6 Å². The monoisotopic (exact) mass is 238 g/mol. The second-order valence-corrected chi connectivity index (χ2v) is 3.70. The number of aryl methyl sites for hydroxylation is 1. The van der Waals surface area contributed by atoms with E-state index in [1.54, 1.807) is 13.1 Å². The summed E-state index contributed by atoms with van der Waals surface area (Å²) in [4.78, 5) is 3.99. The van der Waals surface area contributed by atoms with Gasteiger partial charge in [0.15, 0.2) is 0 Å². The van der Waals surface area contributed by atoms with Crippen molar-refractivity contribution in [3.05, 3.63) is 53.2 Å². The molecule has 0 aliphatic carbocycles. The molecule has 0 aliphatic rings. The van der Waals surface area contributed by atoms with E-state index in [9.17, 15) is 8.78 Å². The second-order valence-electron chi connectivity index (χ2n) is 3.70. The van der Waals surface area contributed by atoms with Crippen molar-refractivity contribution in [1.29, 1.82) is 0 Å². The molecule has 0 fully saturated rings. The van der Waals surface area contributed by atoms with Crippen LogP contribution < -0.4 is 5.32 Å². The molecule has 0 amide bonds. The summed E-state index contributed by atoms with van der Waals surface area (Å²) in [5, 5.41) is 2.94. The lowest BCUT2D eigenvalue weighted by Crippen LogP contribution is -2.14.